The number of hydrogen-bond acceptors (Lipinski definition) is 3. The van der Waals surface area contributed by atoms with Gasteiger partial charge in [0.05, 0.1) is 0 Å². The van der Waals surface area contributed by atoms with Gasteiger partial charge < -0.3 is 0 Å². The molecule has 6 heterocycles. The third-order valence-corrected chi connectivity index (χ3v) is 30.1. The molecule has 0 atom stereocenters. The van der Waals surface area contributed by atoms with E-state index in [4.69, 9.17) is 35.4 Å². The van der Waals surface area contributed by atoms with Crippen LogP contribution in [0.1, 0.15) is 16.7 Å². The molecule has 0 nitrogen and oxygen atoms in total. The number of aryl methyl sites for hydroxylation is 3. The summed E-state index contributed by atoms with van der Waals surface area (Å²) in [5.41, 5.74) is 12.4. The maximum absolute atomic E-state index is 7.67. The van der Waals surface area contributed by atoms with E-state index in [1.165, 1.54) is 162 Å². The van der Waals surface area contributed by atoms with Gasteiger partial charge in [0.2, 0.25) is 0 Å². The lowest BCUT2D eigenvalue weighted by Gasteiger charge is -2.51. The van der Waals surface area contributed by atoms with Crippen LogP contribution in [0, 0.1) is 20.8 Å². The number of hydrogen-bond donors (Lipinski definition) is 0. The maximum atomic E-state index is 7.67. The highest BCUT2D eigenvalue weighted by Gasteiger charge is 2.56. The van der Waals surface area contributed by atoms with Crippen molar-refractivity contribution >= 4 is 166 Å². The van der Waals surface area contributed by atoms with Gasteiger partial charge in [-0.25, -0.2) is 0 Å². The molecule has 6 aliphatic heterocycles. The first kappa shape index (κ1) is 30.7. The van der Waals surface area contributed by atoms with Crippen LogP contribution in [0.3, 0.4) is 0 Å². The molecular weight excluding hydrogens is 802 g/mol. The number of fused-ring (bicyclic) bond motifs is 6. The summed E-state index contributed by atoms with van der Waals surface area (Å²) in [5, 5.41) is 28.6. The average Bonchev–Trinajstić information content (AvgIpc) is 3.24. The number of rotatable bonds is 0. The molecule has 16 rings (SSSR count). The predicted octanol–water partition coefficient (Wildman–Crippen LogP) is 9.68. The summed E-state index contributed by atoms with van der Waals surface area (Å²) in [6.07, 6.45) is 0. The van der Waals surface area contributed by atoms with Crippen molar-refractivity contribution < 1.29 is 0 Å². The van der Waals surface area contributed by atoms with E-state index >= 15 is 0 Å². The molecule has 0 fully saturated rings. The third-order valence-electron chi connectivity index (χ3n) is 15.3. The lowest BCUT2D eigenvalue weighted by atomic mass is 9.80. The molecule has 0 saturated heterocycles. The molecule has 6 heteroatoms. The standard InChI is InChI=1S/C51H27P3S3/c1-22-25-10-4-16-31-37(25)43-38-26(22)11-5-17-32(38)53(56)34-19-7-13-28-24(3)30-15-9-21-36-42(30)45(40(28)34)48-50(53)46(43)49-47-44-39-27(12-6-18-33(39)52(31,49)55)23(2)29-14-8-20-35(41(29)44)54(36,57)51(47)48/h4-21H,1-3H3. The van der Waals surface area contributed by atoms with Gasteiger partial charge in [-0.3, -0.25) is 0 Å². The summed E-state index contributed by atoms with van der Waals surface area (Å²) < 4.78 is 0. The molecule has 0 unspecified atom stereocenters. The Labute approximate surface area is 343 Å². The van der Waals surface area contributed by atoms with Crippen LogP contribution in [0.25, 0.3) is 98.0 Å². The topological polar surface area (TPSA) is 0 Å². The molecule has 0 N–H and O–H groups in total. The van der Waals surface area contributed by atoms with E-state index < -0.39 is 18.1 Å². The lowest BCUT2D eigenvalue weighted by molar-refractivity contribution is 1.57. The van der Waals surface area contributed by atoms with Crippen molar-refractivity contribution in [3.63, 3.8) is 0 Å². The first-order valence-electron chi connectivity index (χ1n) is 19.8. The minimum absolute atomic E-state index is 1.33. The molecule has 0 aromatic heterocycles. The summed E-state index contributed by atoms with van der Waals surface area (Å²) in [7, 11) is 0. The minimum atomic E-state index is -2.67. The van der Waals surface area contributed by atoms with E-state index in [0.717, 1.165) is 0 Å². The van der Waals surface area contributed by atoms with Crippen LogP contribution in [0.4, 0.5) is 0 Å². The van der Waals surface area contributed by atoms with Gasteiger partial charge in [-0.1, -0.05) is 145 Å². The van der Waals surface area contributed by atoms with E-state index in [2.05, 4.69) is 130 Å². The Bertz CT molecular complexity index is 3460. The van der Waals surface area contributed by atoms with Crippen molar-refractivity contribution in [2.24, 2.45) is 0 Å². The Morgan fingerprint density at radius 2 is 0.474 bits per heavy atom. The van der Waals surface area contributed by atoms with Crippen LogP contribution in [0.2, 0.25) is 0 Å². The highest BCUT2D eigenvalue weighted by Crippen LogP contribution is 2.71. The zero-order chi connectivity index (χ0) is 37.5. The Morgan fingerprint density at radius 3 is 0.667 bits per heavy atom. The van der Waals surface area contributed by atoms with Crippen molar-refractivity contribution in [3.05, 3.63) is 126 Å². The lowest BCUT2D eigenvalue weighted by Crippen LogP contribution is -2.49. The van der Waals surface area contributed by atoms with Crippen LogP contribution in [0.15, 0.2) is 109 Å². The van der Waals surface area contributed by atoms with E-state index in [9.17, 15) is 0 Å². The van der Waals surface area contributed by atoms with Gasteiger partial charge in [0.1, 0.15) is 0 Å². The molecule has 6 aliphatic rings. The molecule has 0 amide bonds. The van der Waals surface area contributed by atoms with Gasteiger partial charge in [-0.05, 0) is 102 Å². The number of benzene rings is 10. The second-order valence-electron chi connectivity index (χ2n) is 17.2. The van der Waals surface area contributed by atoms with Gasteiger partial charge in [-0.2, -0.15) is 0 Å². The summed E-state index contributed by atoms with van der Waals surface area (Å²) in [4.78, 5) is 0. The normalized spacial score (nSPS) is 22.4. The Balaban J connectivity index is 1.37. The van der Waals surface area contributed by atoms with E-state index in [-0.39, 0.29) is 0 Å². The highest BCUT2D eigenvalue weighted by atomic mass is 32.4. The zero-order valence-electron chi connectivity index (χ0n) is 31.0. The molecule has 264 valence electrons. The fourth-order valence-electron chi connectivity index (χ4n) is 13.3. The SMILES string of the molecule is Cc1c2cccc3c2c2c4c(cccc14)P1(=S)c4c-2c2c5c6c4-c4c7c1cccc7c(C)c1cccc(c41)P6(=S)c1cccc4c(C)c6cccc(c6c-5c14)P23=S. The zero-order valence-corrected chi connectivity index (χ0v) is 36.1. The van der Waals surface area contributed by atoms with Crippen molar-refractivity contribution in [2.45, 2.75) is 20.8 Å². The molecule has 57 heavy (non-hydrogen) atoms. The van der Waals surface area contributed by atoms with E-state index in [1.807, 2.05) is 0 Å². The largest absolute Gasteiger partial charge is 0.0825 e. The van der Waals surface area contributed by atoms with Crippen LogP contribution < -0.4 is 47.7 Å². The first-order chi connectivity index (χ1) is 27.7. The van der Waals surface area contributed by atoms with Gasteiger partial charge in [0.25, 0.3) is 0 Å². The van der Waals surface area contributed by atoms with Crippen LogP contribution in [-0.4, -0.2) is 0 Å². The Kier molecular flexibility index (Phi) is 4.84. The fraction of sp³-hybridized carbons (Fsp3) is 0.0588. The molecule has 0 bridgehead atoms. The first-order valence-corrected chi connectivity index (χ1v) is 28.2. The molecule has 10 aromatic rings. The molecule has 0 aliphatic carbocycles. The highest BCUT2D eigenvalue weighted by molar-refractivity contribution is 8.28. The second kappa shape index (κ2) is 8.98. The van der Waals surface area contributed by atoms with Gasteiger partial charge >= 0.3 is 0 Å². The Hall–Kier alpha value is -4.29. The monoisotopic (exact) mass is 828 g/mol. The van der Waals surface area contributed by atoms with Crippen LogP contribution >= 0.6 is 18.1 Å². The molecule has 0 radical (unpaired) electrons. The average molecular weight is 829 g/mol. The minimum Gasteiger partial charge on any atom is -0.0825 e. The summed E-state index contributed by atoms with van der Waals surface area (Å²) in [6.45, 7) is 7.01. The van der Waals surface area contributed by atoms with Gasteiger partial charge in [-0.15, -0.1) is 0 Å². The maximum Gasteiger partial charge on any atom is 0.0404 e. The Morgan fingerprint density at radius 1 is 0.281 bits per heavy atom. The third kappa shape index (κ3) is 2.70. The quantitative estimate of drug-likeness (QED) is 0.111. The van der Waals surface area contributed by atoms with Gasteiger partial charge in [0, 0.05) is 99.2 Å². The van der Waals surface area contributed by atoms with Crippen molar-refractivity contribution in [1.29, 1.82) is 0 Å². The van der Waals surface area contributed by atoms with E-state index in [1.54, 1.807) is 0 Å². The molecule has 0 spiro atoms. The van der Waals surface area contributed by atoms with Crippen molar-refractivity contribution in [2.75, 3.05) is 0 Å². The molecule has 10 aromatic carbocycles. The van der Waals surface area contributed by atoms with Crippen molar-refractivity contribution in [1.82, 2.24) is 0 Å². The fourth-order valence-corrected chi connectivity index (χ4v) is 28.5. The van der Waals surface area contributed by atoms with Crippen LogP contribution in [0.5, 0.6) is 0 Å². The van der Waals surface area contributed by atoms with E-state index in [0.29, 0.717) is 0 Å². The summed E-state index contributed by atoms with van der Waals surface area (Å²) in [5.74, 6) is 0. The molecular formula is C51H27P3S3. The van der Waals surface area contributed by atoms with Crippen LogP contribution in [-0.2, 0) is 35.4 Å². The predicted molar refractivity (Wildman–Crippen MR) is 262 cm³/mol. The van der Waals surface area contributed by atoms with Crippen molar-refractivity contribution in [3.8, 4) is 33.4 Å². The smallest absolute Gasteiger partial charge is 0.0404 e. The molecule has 0 saturated carbocycles. The van der Waals surface area contributed by atoms with Gasteiger partial charge in [0.15, 0.2) is 0 Å². The summed E-state index contributed by atoms with van der Waals surface area (Å²) in [6, 6.07) is 34.4. The summed E-state index contributed by atoms with van der Waals surface area (Å²) >= 11 is 23.0. The second-order valence-corrected chi connectivity index (χ2v) is 30.0.